The fraction of sp³-hybridized carbons (Fsp3) is 0.0909. The molecule has 6 heteroatoms. The average molecular weight is 455 g/mol. The number of aromatic nitrogens is 2. The number of anilines is 1. The molecular formula is C22H17BrClN3O. The minimum absolute atomic E-state index is 0.546. The van der Waals surface area contributed by atoms with Crippen LogP contribution in [0.2, 0.25) is 5.02 Å². The summed E-state index contributed by atoms with van der Waals surface area (Å²) in [7, 11) is 1.64. The second kappa shape index (κ2) is 8.17. The minimum Gasteiger partial charge on any atom is -0.493 e. The molecule has 4 aromatic rings. The quantitative estimate of drug-likeness (QED) is 0.382. The van der Waals surface area contributed by atoms with E-state index >= 15 is 0 Å². The molecule has 0 aliphatic heterocycles. The smallest absolute Gasteiger partial charge is 0.223 e. The molecule has 0 saturated carbocycles. The maximum atomic E-state index is 6.19. The van der Waals surface area contributed by atoms with Gasteiger partial charge in [-0.2, -0.15) is 0 Å². The lowest BCUT2D eigenvalue weighted by Gasteiger charge is -2.14. The van der Waals surface area contributed by atoms with Gasteiger partial charge in [0.15, 0.2) is 5.75 Å². The normalized spacial score (nSPS) is 10.8. The van der Waals surface area contributed by atoms with E-state index in [1.807, 2.05) is 54.7 Å². The molecule has 1 N–H and O–H groups in total. The SMILES string of the molecule is COc1c(Br)cc(-c2cccc(Cl)c2)c2cnc(NCc3ccccc3)nc12. The zero-order valence-electron chi connectivity index (χ0n) is 15.1. The van der Waals surface area contributed by atoms with Crippen molar-refractivity contribution in [2.75, 3.05) is 12.4 Å². The van der Waals surface area contributed by atoms with Crippen LogP contribution in [0.3, 0.4) is 0 Å². The number of benzene rings is 3. The molecule has 4 nitrogen and oxygen atoms in total. The van der Waals surface area contributed by atoms with Gasteiger partial charge in [0.2, 0.25) is 5.95 Å². The van der Waals surface area contributed by atoms with Crippen LogP contribution in [0.25, 0.3) is 22.0 Å². The lowest BCUT2D eigenvalue weighted by molar-refractivity contribution is 0.416. The highest BCUT2D eigenvalue weighted by Crippen LogP contribution is 2.39. The van der Waals surface area contributed by atoms with E-state index in [4.69, 9.17) is 21.3 Å². The first-order chi connectivity index (χ1) is 13.7. The predicted octanol–water partition coefficient (Wildman–Crippen LogP) is 6.33. The Kier molecular flexibility index (Phi) is 5.46. The van der Waals surface area contributed by atoms with Gasteiger partial charge < -0.3 is 10.1 Å². The number of nitrogens with zero attached hydrogens (tertiary/aromatic N) is 2. The van der Waals surface area contributed by atoms with Crippen molar-refractivity contribution in [2.45, 2.75) is 6.54 Å². The molecule has 140 valence electrons. The van der Waals surface area contributed by atoms with Crippen molar-refractivity contribution in [2.24, 2.45) is 0 Å². The fourth-order valence-electron chi connectivity index (χ4n) is 3.09. The van der Waals surface area contributed by atoms with Crippen LogP contribution in [0, 0.1) is 0 Å². The molecule has 0 fully saturated rings. The number of rotatable bonds is 5. The number of nitrogens with one attached hydrogen (secondary N) is 1. The van der Waals surface area contributed by atoms with Gasteiger partial charge in [-0.05, 0) is 50.8 Å². The van der Waals surface area contributed by atoms with E-state index in [2.05, 4.69) is 38.4 Å². The molecule has 3 aromatic carbocycles. The average Bonchev–Trinajstić information content (AvgIpc) is 2.72. The van der Waals surface area contributed by atoms with E-state index in [1.54, 1.807) is 7.11 Å². The number of methoxy groups -OCH3 is 1. The van der Waals surface area contributed by atoms with Crippen molar-refractivity contribution in [3.8, 4) is 16.9 Å². The predicted molar refractivity (Wildman–Crippen MR) is 118 cm³/mol. The molecule has 0 bridgehead atoms. The van der Waals surface area contributed by atoms with E-state index in [-0.39, 0.29) is 0 Å². The molecule has 0 amide bonds. The molecule has 0 spiro atoms. The Morgan fingerprint density at radius 3 is 2.64 bits per heavy atom. The Morgan fingerprint density at radius 1 is 1.07 bits per heavy atom. The van der Waals surface area contributed by atoms with Crippen molar-refractivity contribution < 1.29 is 4.74 Å². The summed E-state index contributed by atoms with van der Waals surface area (Å²) in [5, 5.41) is 4.85. The molecule has 0 saturated heterocycles. The van der Waals surface area contributed by atoms with Crippen molar-refractivity contribution in [1.82, 2.24) is 9.97 Å². The van der Waals surface area contributed by atoms with Crippen molar-refractivity contribution in [3.63, 3.8) is 0 Å². The van der Waals surface area contributed by atoms with Gasteiger partial charge in [0, 0.05) is 23.2 Å². The van der Waals surface area contributed by atoms with E-state index in [0.29, 0.717) is 23.3 Å². The third-order valence-corrected chi connectivity index (χ3v) is 5.24. The summed E-state index contributed by atoms with van der Waals surface area (Å²) < 4.78 is 6.42. The fourth-order valence-corrected chi connectivity index (χ4v) is 3.86. The van der Waals surface area contributed by atoms with Crippen LogP contribution in [0.4, 0.5) is 5.95 Å². The van der Waals surface area contributed by atoms with Gasteiger partial charge in [-0.15, -0.1) is 0 Å². The monoisotopic (exact) mass is 453 g/mol. The summed E-state index contributed by atoms with van der Waals surface area (Å²) in [5.41, 5.74) is 3.87. The van der Waals surface area contributed by atoms with Gasteiger partial charge in [0.1, 0.15) is 5.52 Å². The Bertz CT molecular complexity index is 1140. The van der Waals surface area contributed by atoms with Gasteiger partial charge >= 0.3 is 0 Å². The summed E-state index contributed by atoms with van der Waals surface area (Å²) in [5.74, 6) is 1.22. The van der Waals surface area contributed by atoms with Gasteiger partial charge in [-0.1, -0.05) is 54.1 Å². The zero-order chi connectivity index (χ0) is 19.5. The standard InChI is InChI=1S/C22H17BrClN3O/c1-28-21-19(23)11-17(15-8-5-9-16(24)10-15)18-13-26-22(27-20(18)21)25-12-14-6-3-2-4-7-14/h2-11,13H,12H2,1H3,(H,25,26,27). The van der Waals surface area contributed by atoms with Crippen LogP contribution in [0.15, 0.2) is 71.3 Å². The lowest BCUT2D eigenvalue weighted by atomic mass is 10.0. The van der Waals surface area contributed by atoms with E-state index < -0.39 is 0 Å². The molecule has 1 heterocycles. The first-order valence-electron chi connectivity index (χ1n) is 8.72. The molecule has 0 unspecified atom stereocenters. The Labute approximate surface area is 176 Å². The van der Waals surface area contributed by atoms with Gasteiger partial charge in [0.05, 0.1) is 11.6 Å². The summed E-state index contributed by atoms with van der Waals surface area (Å²) in [6.07, 6.45) is 1.82. The molecule has 1 aromatic heterocycles. The molecule has 0 aliphatic rings. The third-order valence-electron chi connectivity index (χ3n) is 4.42. The van der Waals surface area contributed by atoms with Crippen LogP contribution in [0.5, 0.6) is 5.75 Å². The summed E-state index contributed by atoms with van der Waals surface area (Å²) in [6, 6.07) is 19.9. The molecule has 4 rings (SSSR count). The van der Waals surface area contributed by atoms with Crippen molar-refractivity contribution in [1.29, 1.82) is 0 Å². The third kappa shape index (κ3) is 3.81. The maximum absolute atomic E-state index is 6.19. The second-order valence-electron chi connectivity index (χ2n) is 6.24. The summed E-state index contributed by atoms with van der Waals surface area (Å²) in [4.78, 5) is 9.23. The Balaban J connectivity index is 1.79. The van der Waals surface area contributed by atoms with Gasteiger partial charge in [0.25, 0.3) is 0 Å². The molecular weight excluding hydrogens is 438 g/mol. The number of halogens is 2. The highest BCUT2D eigenvalue weighted by Gasteiger charge is 2.15. The van der Waals surface area contributed by atoms with Crippen LogP contribution in [0.1, 0.15) is 5.56 Å². The van der Waals surface area contributed by atoms with Gasteiger partial charge in [-0.3, -0.25) is 0 Å². The lowest BCUT2D eigenvalue weighted by Crippen LogP contribution is -2.04. The van der Waals surface area contributed by atoms with Gasteiger partial charge in [-0.25, -0.2) is 9.97 Å². The molecule has 0 atom stereocenters. The van der Waals surface area contributed by atoms with Crippen molar-refractivity contribution >= 4 is 44.4 Å². The minimum atomic E-state index is 0.546. The molecule has 28 heavy (non-hydrogen) atoms. The second-order valence-corrected chi connectivity index (χ2v) is 7.54. The van der Waals surface area contributed by atoms with Crippen LogP contribution in [-0.4, -0.2) is 17.1 Å². The van der Waals surface area contributed by atoms with Crippen molar-refractivity contribution in [3.05, 3.63) is 81.9 Å². The number of hydrogen-bond acceptors (Lipinski definition) is 4. The van der Waals surface area contributed by atoms with Crippen LogP contribution < -0.4 is 10.1 Å². The first kappa shape index (κ1) is 18.7. The van der Waals surface area contributed by atoms with E-state index in [0.717, 1.165) is 32.1 Å². The van der Waals surface area contributed by atoms with E-state index in [9.17, 15) is 0 Å². The number of fused-ring (bicyclic) bond motifs is 1. The first-order valence-corrected chi connectivity index (χ1v) is 9.90. The summed E-state index contributed by atoms with van der Waals surface area (Å²) >= 11 is 9.80. The Hall–Kier alpha value is -2.63. The molecule has 0 aliphatic carbocycles. The van der Waals surface area contributed by atoms with Crippen LogP contribution >= 0.6 is 27.5 Å². The largest absolute Gasteiger partial charge is 0.493 e. The van der Waals surface area contributed by atoms with E-state index in [1.165, 1.54) is 0 Å². The number of ether oxygens (including phenoxy) is 1. The Morgan fingerprint density at radius 2 is 1.89 bits per heavy atom. The highest BCUT2D eigenvalue weighted by atomic mass is 79.9. The zero-order valence-corrected chi connectivity index (χ0v) is 17.5. The van der Waals surface area contributed by atoms with Crippen LogP contribution in [-0.2, 0) is 6.54 Å². The molecule has 0 radical (unpaired) electrons. The number of hydrogen-bond donors (Lipinski definition) is 1. The topological polar surface area (TPSA) is 47.0 Å². The maximum Gasteiger partial charge on any atom is 0.223 e. The highest BCUT2D eigenvalue weighted by molar-refractivity contribution is 9.10. The summed E-state index contributed by atoms with van der Waals surface area (Å²) in [6.45, 7) is 0.643.